The average molecular weight is 176 g/mol. The van der Waals surface area contributed by atoms with Gasteiger partial charge in [0.1, 0.15) is 5.82 Å². The van der Waals surface area contributed by atoms with Crippen molar-refractivity contribution in [1.29, 1.82) is 0 Å². The lowest BCUT2D eigenvalue weighted by atomic mass is 10.4. The van der Waals surface area contributed by atoms with E-state index in [2.05, 4.69) is 20.3 Å². The second-order valence-corrected chi connectivity index (χ2v) is 2.91. The van der Waals surface area contributed by atoms with Crippen LogP contribution in [0.5, 0.6) is 0 Å². The summed E-state index contributed by atoms with van der Waals surface area (Å²) in [5, 5.41) is 3.08. The molecule has 0 spiro atoms. The third-order valence-corrected chi connectivity index (χ3v) is 1.92. The smallest absolute Gasteiger partial charge is 0.177 e. The number of pyridine rings is 1. The number of H-pyrrole nitrogens is 1. The summed E-state index contributed by atoms with van der Waals surface area (Å²) in [5.74, 6) is 0.989. The molecule has 0 radical (unpaired) electrons. The van der Waals surface area contributed by atoms with Gasteiger partial charge in [-0.25, -0.2) is 9.97 Å². The maximum atomic E-state index is 4.34. The van der Waals surface area contributed by atoms with Gasteiger partial charge >= 0.3 is 0 Å². The molecule has 4 heteroatoms. The Morgan fingerprint density at radius 1 is 1.54 bits per heavy atom. The summed E-state index contributed by atoms with van der Waals surface area (Å²) in [7, 11) is 1.93. The van der Waals surface area contributed by atoms with Gasteiger partial charge in [0, 0.05) is 19.2 Å². The number of imidazole rings is 1. The Balaban J connectivity index is 2.28. The van der Waals surface area contributed by atoms with E-state index >= 15 is 0 Å². The summed E-state index contributed by atoms with van der Waals surface area (Å²) in [6.07, 6.45) is 2.66. The normalized spacial score (nSPS) is 10.8. The second kappa shape index (κ2) is 3.53. The molecule has 0 aliphatic rings. The van der Waals surface area contributed by atoms with Gasteiger partial charge < -0.3 is 10.3 Å². The molecule has 0 fully saturated rings. The number of likely N-dealkylation sites (N-methyl/N-ethyl adjacent to an activating group) is 1. The van der Waals surface area contributed by atoms with Crippen LogP contribution in [0, 0.1) is 0 Å². The van der Waals surface area contributed by atoms with Crippen LogP contribution in [0.25, 0.3) is 11.2 Å². The molecule has 0 amide bonds. The number of aromatic amines is 1. The molecule has 2 aromatic rings. The van der Waals surface area contributed by atoms with E-state index in [-0.39, 0.29) is 0 Å². The van der Waals surface area contributed by atoms with Gasteiger partial charge in [0.05, 0.1) is 5.52 Å². The molecular formula is C9H12N4. The van der Waals surface area contributed by atoms with Crippen molar-refractivity contribution in [3.8, 4) is 0 Å². The van der Waals surface area contributed by atoms with E-state index in [0.29, 0.717) is 0 Å². The first-order valence-electron chi connectivity index (χ1n) is 4.34. The number of fused-ring (bicyclic) bond motifs is 1. The lowest BCUT2D eigenvalue weighted by Crippen LogP contribution is -2.10. The molecule has 0 aliphatic heterocycles. The maximum Gasteiger partial charge on any atom is 0.177 e. The summed E-state index contributed by atoms with van der Waals surface area (Å²) in [6, 6.07) is 3.89. The van der Waals surface area contributed by atoms with Gasteiger partial charge in [-0.1, -0.05) is 0 Å². The van der Waals surface area contributed by atoms with E-state index in [1.54, 1.807) is 6.20 Å². The summed E-state index contributed by atoms with van der Waals surface area (Å²) in [5.41, 5.74) is 1.81. The van der Waals surface area contributed by atoms with Gasteiger partial charge in [0.25, 0.3) is 0 Å². The van der Waals surface area contributed by atoms with Crippen molar-refractivity contribution < 1.29 is 0 Å². The minimum Gasteiger partial charge on any atom is -0.341 e. The number of hydrogen-bond acceptors (Lipinski definition) is 3. The summed E-state index contributed by atoms with van der Waals surface area (Å²) < 4.78 is 0. The third kappa shape index (κ3) is 1.67. The molecule has 0 unspecified atom stereocenters. The van der Waals surface area contributed by atoms with Crippen molar-refractivity contribution in [3.63, 3.8) is 0 Å². The maximum absolute atomic E-state index is 4.34. The molecule has 2 aromatic heterocycles. The van der Waals surface area contributed by atoms with Crippen molar-refractivity contribution in [2.24, 2.45) is 0 Å². The Morgan fingerprint density at radius 3 is 3.23 bits per heavy atom. The Bertz CT molecular complexity index is 360. The molecule has 2 heterocycles. The minimum atomic E-state index is 0.800. The Kier molecular flexibility index (Phi) is 2.23. The molecule has 0 atom stereocenters. The van der Waals surface area contributed by atoms with Crippen molar-refractivity contribution in [1.82, 2.24) is 20.3 Å². The van der Waals surface area contributed by atoms with E-state index in [1.165, 1.54) is 0 Å². The molecule has 0 aliphatic carbocycles. The highest BCUT2D eigenvalue weighted by Gasteiger charge is 2.00. The Labute approximate surface area is 76.4 Å². The first kappa shape index (κ1) is 8.19. The number of aromatic nitrogens is 3. The fourth-order valence-corrected chi connectivity index (χ4v) is 1.26. The fourth-order valence-electron chi connectivity index (χ4n) is 1.26. The van der Waals surface area contributed by atoms with Gasteiger partial charge in [0.2, 0.25) is 0 Å². The summed E-state index contributed by atoms with van der Waals surface area (Å²) >= 11 is 0. The van der Waals surface area contributed by atoms with Crippen LogP contribution < -0.4 is 5.32 Å². The molecule has 2 rings (SSSR count). The fraction of sp³-hybridized carbons (Fsp3) is 0.333. The quantitative estimate of drug-likeness (QED) is 0.724. The number of nitrogens with zero attached hydrogens (tertiary/aromatic N) is 2. The van der Waals surface area contributed by atoms with Crippen LogP contribution in [0.1, 0.15) is 5.82 Å². The van der Waals surface area contributed by atoms with Crippen molar-refractivity contribution in [3.05, 3.63) is 24.2 Å². The number of hydrogen-bond donors (Lipinski definition) is 2. The molecule has 13 heavy (non-hydrogen) atoms. The largest absolute Gasteiger partial charge is 0.341 e. The van der Waals surface area contributed by atoms with E-state index in [1.807, 2.05) is 19.2 Å². The van der Waals surface area contributed by atoms with Crippen LogP contribution in [0.4, 0.5) is 0 Å². The molecule has 0 saturated carbocycles. The molecule has 0 saturated heterocycles. The lowest BCUT2D eigenvalue weighted by molar-refractivity contribution is 0.766. The van der Waals surface area contributed by atoms with Gasteiger partial charge in [0.15, 0.2) is 5.65 Å². The van der Waals surface area contributed by atoms with Crippen LogP contribution in [0.15, 0.2) is 18.3 Å². The van der Waals surface area contributed by atoms with Crippen molar-refractivity contribution in [2.75, 3.05) is 13.6 Å². The lowest BCUT2D eigenvalue weighted by Gasteiger charge is -1.92. The van der Waals surface area contributed by atoms with Crippen LogP contribution in [-0.2, 0) is 6.42 Å². The standard InChI is InChI=1S/C9H12N4/c1-10-6-4-8-12-7-3-2-5-11-9(7)13-8/h2-3,5,10H,4,6H2,1H3,(H,11,12,13). The zero-order valence-electron chi connectivity index (χ0n) is 7.54. The molecule has 68 valence electrons. The Morgan fingerprint density at radius 2 is 2.46 bits per heavy atom. The van der Waals surface area contributed by atoms with Crippen LogP contribution in [0.2, 0.25) is 0 Å². The van der Waals surface area contributed by atoms with E-state index in [0.717, 1.165) is 30.0 Å². The zero-order chi connectivity index (χ0) is 9.10. The summed E-state index contributed by atoms with van der Waals surface area (Å²) in [6.45, 7) is 0.930. The molecular weight excluding hydrogens is 164 g/mol. The highest BCUT2D eigenvalue weighted by molar-refractivity contribution is 5.69. The van der Waals surface area contributed by atoms with Crippen molar-refractivity contribution in [2.45, 2.75) is 6.42 Å². The SMILES string of the molecule is CNCCc1nc2ncccc2[nH]1. The molecule has 2 N–H and O–H groups in total. The van der Waals surface area contributed by atoms with E-state index in [4.69, 9.17) is 0 Å². The second-order valence-electron chi connectivity index (χ2n) is 2.91. The monoisotopic (exact) mass is 176 g/mol. The van der Waals surface area contributed by atoms with Gasteiger partial charge in [-0.05, 0) is 19.2 Å². The average Bonchev–Trinajstić information content (AvgIpc) is 2.57. The molecule has 0 bridgehead atoms. The van der Waals surface area contributed by atoms with Crippen LogP contribution >= 0.6 is 0 Å². The molecule has 0 aromatic carbocycles. The van der Waals surface area contributed by atoms with Gasteiger partial charge in [-0.2, -0.15) is 0 Å². The third-order valence-electron chi connectivity index (χ3n) is 1.92. The highest BCUT2D eigenvalue weighted by Crippen LogP contribution is 2.06. The number of rotatable bonds is 3. The number of nitrogens with one attached hydrogen (secondary N) is 2. The van der Waals surface area contributed by atoms with Crippen LogP contribution in [0.3, 0.4) is 0 Å². The minimum absolute atomic E-state index is 0.800. The first-order chi connectivity index (χ1) is 6.40. The highest BCUT2D eigenvalue weighted by atomic mass is 15.0. The predicted molar refractivity (Wildman–Crippen MR) is 51.5 cm³/mol. The van der Waals surface area contributed by atoms with E-state index < -0.39 is 0 Å². The predicted octanol–water partition coefficient (Wildman–Crippen LogP) is 0.720. The summed E-state index contributed by atoms with van der Waals surface area (Å²) in [4.78, 5) is 11.7. The van der Waals surface area contributed by atoms with Crippen molar-refractivity contribution >= 4 is 11.2 Å². The Hall–Kier alpha value is -1.42. The van der Waals surface area contributed by atoms with Crippen LogP contribution in [-0.4, -0.2) is 28.5 Å². The zero-order valence-corrected chi connectivity index (χ0v) is 7.54. The van der Waals surface area contributed by atoms with Gasteiger partial charge in [-0.3, -0.25) is 0 Å². The topological polar surface area (TPSA) is 53.6 Å². The molecule has 4 nitrogen and oxygen atoms in total. The first-order valence-corrected chi connectivity index (χ1v) is 4.34. The van der Waals surface area contributed by atoms with E-state index in [9.17, 15) is 0 Å². The van der Waals surface area contributed by atoms with Gasteiger partial charge in [-0.15, -0.1) is 0 Å².